The van der Waals surface area contributed by atoms with Crippen LogP contribution < -0.4 is 5.32 Å². The molecule has 0 heterocycles. The predicted octanol–water partition coefficient (Wildman–Crippen LogP) is 3.48. The van der Waals surface area contributed by atoms with Gasteiger partial charge in [-0.2, -0.15) is 0 Å². The van der Waals surface area contributed by atoms with Gasteiger partial charge in [0.25, 0.3) is 0 Å². The summed E-state index contributed by atoms with van der Waals surface area (Å²) in [5, 5.41) is 2.83. The maximum atomic E-state index is 11.4. The van der Waals surface area contributed by atoms with Crippen molar-refractivity contribution in [1.29, 1.82) is 0 Å². The van der Waals surface area contributed by atoms with Crippen molar-refractivity contribution in [2.75, 3.05) is 6.54 Å². The van der Waals surface area contributed by atoms with Gasteiger partial charge in [-0.05, 0) is 45.4 Å². The number of carbonyl (C=O) groups is 1. The molecule has 3 heteroatoms. The van der Waals surface area contributed by atoms with Gasteiger partial charge in [-0.15, -0.1) is 0 Å². The molecule has 0 spiro atoms. The largest absolute Gasteiger partial charge is 0.444 e. The molecule has 0 aromatic rings. The highest BCUT2D eigenvalue weighted by Gasteiger charge is 2.28. The van der Waals surface area contributed by atoms with E-state index in [0.717, 1.165) is 13.0 Å². The maximum Gasteiger partial charge on any atom is 0.407 e. The molecule has 1 rings (SSSR count). The smallest absolute Gasteiger partial charge is 0.407 e. The zero-order valence-corrected chi connectivity index (χ0v) is 11.1. The van der Waals surface area contributed by atoms with E-state index in [2.05, 4.69) is 12.2 Å². The molecule has 0 aromatic carbocycles. The summed E-state index contributed by atoms with van der Waals surface area (Å²) in [6.45, 7) is 8.68. The molecule has 1 aliphatic carbocycles. The van der Waals surface area contributed by atoms with Gasteiger partial charge in [0, 0.05) is 6.54 Å². The summed E-state index contributed by atoms with van der Waals surface area (Å²) in [5.41, 5.74) is 0.0381. The van der Waals surface area contributed by atoms with E-state index in [0.29, 0.717) is 5.41 Å². The van der Waals surface area contributed by atoms with Gasteiger partial charge in [0.15, 0.2) is 0 Å². The third kappa shape index (κ3) is 4.86. The first kappa shape index (κ1) is 13.3. The number of nitrogens with one attached hydrogen (secondary N) is 1. The third-order valence-electron chi connectivity index (χ3n) is 3.21. The molecule has 1 saturated carbocycles. The van der Waals surface area contributed by atoms with Crippen molar-refractivity contribution in [2.24, 2.45) is 5.41 Å². The van der Waals surface area contributed by atoms with E-state index >= 15 is 0 Å². The second kappa shape index (κ2) is 5.07. The van der Waals surface area contributed by atoms with Crippen molar-refractivity contribution in [3.63, 3.8) is 0 Å². The van der Waals surface area contributed by atoms with Gasteiger partial charge in [-0.1, -0.05) is 19.8 Å². The van der Waals surface area contributed by atoms with Gasteiger partial charge in [-0.3, -0.25) is 0 Å². The second-order valence-corrected chi connectivity index (χ2v) is 6.20. The number of carbonyl (C=O) groups excluding carboxylic acids is 1. The monoisotopic (exact) mass is 227 g/mol. The van der Waals surface area contributed by atoms with Crippen molar-refractivity contribution in [3.8, 4) is 0 Å². The minimum absolute atomic E-state index is 0.297. The van der Waals surface area contributed by atoms with Crippen LogP contribution in [-0.2, 0) is 4.74 Å². The SMILES string of the molecule is CC1(CCNC(=O)OC(C)(C)C)CCCC1. The Morgan fingerprint density at radius 3 is 2.38 bits per heavy atom. The van der Waals surface area contributed by atoms with Crippen molar-refractivity contribution in [2.45, 2.75) is 65.4 Å². The fraction of sp³-hybridized carbons (Fsp3) is 0.923. The third-order valence-corrected chi connectivity index (χ3v) is 3.21. The van der Waals surface area contributed by atoms with Gasteiger partial charge in [0.1, 0.15) is 5.60 Å². The number of hydrogen-bond acceptors (Lipinski definition) is 2. The molecule has 0 atom stereocenters. The van der Waals surface area contributed by atoms with Crippen molar-refractivity contribution >= 4 is 6.09 Å². The van der Waals surface area contributed by atoms with Gasteiger partial charge < -0.3 is 10.1 Å². The van der Waals surface area contributed by atoms with E-state index in [1.165, 1.54) is 25.7 Å². The Morgan fingerprint density at radius 1 is 1.31 bits per heavy atom. The molecule has 1 amide bonds. The summed E-state index contributed by atoms with van der Waals surface area (Å²) < 4.78 is 5.19. The fourth-order valence-corrected chi connectivity index (χ4v) is 2.26. The molecule has 3 nitrogen and oxygen atoms in total. The molecule has 0 aromatic heterocycles. The summed E-state index contributed by atoms with van der Waals surface area (Å²) in [6.07, 6.45) is 6.03. The van der Waals surface area contributed by atoms with Crippen molar-refractivity contribution in [1.82, 2.24) is 5.32 Å². The van der Waals surface area contributed by atoms with Crippen molar-refractivity contribution in [3.05, 3.63) is 0 Å². The molecule has 94 valence electrons. The van der Waals surface area contributed by atoms with Gasteiger partial charge in [0.2, 0.25) is 0 Å². The molecular weight excluding hydrogens is 202 g/mol. The lowest BCUT2D eigenvalue weighted by Crippen LogP contribution is -2.34. The molecule has 1 fully saturated rings. The molecule has 1 N–H and O–H groups in total. The summed E-state index contributed by atoms with van der Waals surface area (Å²) in [5.74, 6) is 0. The fourth-order valence-electron chi connectivity index (χ4n) is 2.26. The van der Waals surface area contributed by atoms with Crippen LogP contribution in [0.2, 0.25) is 0 Å². The molecule has 0 radical (unpaired) electrons. The topological polar surface area (TPSA) is 38.3 Å². The lowest BCUT2D eigenvalue weighted by Gasteiger charge is -2.24. The van der Waals surface area contributed by atoms with E-state index in [1.807, 2.05) is 20.8 Å². The zero-order valence-electron chi connectivity index (χ0n) is 11.1. The van der Waals surface area contributed by atoms with Gasteiger partial charge in [0.05, 0.1) is 0 Å². The average molecular weight is 227 g/mol. The highest BCUT2D eigenvalue weighted by Crippen LogP contribution is 2.39. The van der Waals surface area contributed by atoms with Crippen LogP contribution in [0.1, 0.15) is 59.8 Å². The molecule has 0 unspecified atom stereocenters. The van der Waals surface area contributed by atoms with E-state index in [4.69, 9.17) is 4.74 Å². The Labute approximate surface area is 98.9 Å². The van der Waals surface area contributed by atoms with Crippen LogP contribution in [0, 0.1) is 5.41 Å². The van der Waals surface area contributed by atoms with Crippen LogP contribution in [-0.4, -0.2) is 18.2 Å². The van der Waals surface area contributed by atoms with E-state index in [-0.39, 0.29) is 6.09 Å². The van der Waals surface area contributed by atoms with Crippen LogP contribution in [0.3, 0.4) is 0 Å². The van der Waals surface area contributed by atoms with E-state index < -0.39 is 5.60 Å². The van der Waals surface area contributed by atoms with E-state index in [9.17, 15) is 4.79 Å². The lowest BCUT2D eigenvalue weighted by atomic mass is 9.85. The van der Waals surface area contributed by atoms with Crippen LogP contribution in [0.25, 0.3) is 0 Å². The second-order valence-electron chi connectivity index (χ2n) is 6.20. The Morgan fingerprint density at radius 2 is 1.88 bits per heavy atom. The quantitative estimate of drug-likeness (QED) is 0.801. The highest BCUT2D eigenvalue weighted by atomic mass is 16.6. The normalized spacial score (nSPS) is 19.5. The standard InChI is InChI=1S/C13H25NO2/c1-12(2,3)16-11(15)14-10-9-13(4)7-5-6-8-13/h5-10H2,1-4H3,(H,14,15). The minimum atomic E-state index is -0.401. The molecule has 16 heavy (non-hydrogen) atoms. The number of hydrogen-bond donors (Lipinski definition) is 1. The van der Waals surface area contributed by atoms with Gasteiger partial charge in [-0.25, -0.2) is 4.79 Å². The first-order chi connectivity index (χ1) is 7.31. The van der Waals surface area contributed by atoms with Gasteiger partial charge >= 0.3 is 6.09 Å². The summed E-state index contributed by atoms with van der Waals surface area (Å²) in [7, 11) is 0. The number of ether oxygens (including phenoxy) is 1. The van der Waals surface area contributed by atoms with Crippen LogP contribution in [0.5, 0.6) is 0 Å². The van der Waals surface area contributed by atoms with Crippen molar-refractivity contribution < 1.29 is 9.53 Å². The Kier molecular flexibility index (Phi) is 4.22. The predicted molar refractivity (Wildman–Crippen MR) is 65.4 cm³/mol. The number of rotatable bonds is 3. The average Bonchev–Trinajstić information content (AvgIpc) is 2.49. The summed E-state index contributed by atoms with van der Waals surface area (Å²) in [6, 6.07) is 0. The lowest BCUT2D eigenvalue weighted by molar-refractivity contribution is 0.0521. The first-order valence-electron chi connectivity index (χ1n) is 6.28. The van der Waals surface area contributed by atoms with Crippen LogP contribution >= 0.6 is 0 Å². The number of alkyl carbamates (subject to hydrolysis) is 1. The minimum Gasteiger partial charge on any atom is -0.444 e. The molecule has 0 saturated heterocycles. The van der Waals surface area contributed by atoms with Crippen LogP contribution in [0.4, 0.5) is 4.79 Å². The van der Waals surface area contributed by atoms with E-state index in [1.54, 1.807) is 0 Å². The molecule has 1 aliphatic rings. The highest BCUT2D eigenvalue weighted by molar-refractivity contribution is 5.67. The Hall–Kier alpha value is -0.730. The summed E-state index contributed by atoms with van der Waals surface area (Å²) in [4.78, 5) is 11.4. The summed E-state index contributed by atoms with van der Waals surface area (Å²) >= 11 is 0. The first-order valence-corrected chi connectivity index (χ1v) is 6.28. The molecular formula is C13H25NO2. The molecule has 0 bridgehead atoms. The maximum absolute atomic E-state index is 11.4. The van der Waals surface area contributed by atoms with Crippen LogP contribution in [0.15, 0.2) is 0 Å². The molecule has 0 aliphatic heterocycles. The Bertz CT molecular complexity index is 237. The zero-order chi connectivity index (χ0) is 12.2. The number of amides is 1. The Balaban J connectivity index is 2.18.